The van der Waals surface area contributed by atoms with E-state index in [2.05, 4.69) is 19.1 Å². The van der Waals surface area contributed by atoms with Crippen molar-refractivity contribution in [3.05, 3.63) is 12.2 Å². The zero-order chi connectivity index (χ0) is 33.4. The van der Waals surface area contributed by atoms with Crippen molar-refractivity contribution in [2.24, 2.45) is 0 Å². The minimum absolute atomic E-state index is 0.340. The number of aliphatic carboxylic acids is 4. The van der Waals surface area contributed by atoms with Gasteiger partial charge in [0, 0.05) is 6.42 Å². The molecule has 0 bridgehead atoms. The third kappa shape index (κ3) is 37.4. The molecule has 0 saturated heterocycles. The van der Waals surface area contributed by atoms with Crippen molar-refractivity contribution in [2.75, 3.05) is 13.2 Å². The molecule has 0 aliphatic rings. The number of unbranched alkanes of at least 4 members (excludes halogenated alkanes) is 15. The van der Waals surface area contributed by atoms with Crippen molar-refractivity contribution in [2.45, 2.75) is 147 Å². The number of carboxylic acids is 4. The number of hydrogen-bond donors (Lipinski definition) is 8. The van der Waals surface area contributed by atoms with Gasteiger partial charge in [-0.15, -0.1) is 0 Å². The molecule has 0 spiro atoms. The van der Waals surface area contributed by atoms with Crippen molar-refractivity contribution >= 4 is 23.9 Å². The Kier molecular flexibility index (Phi) is 33.8. The predicted molar refractivity (Wildman–Crippen MR) is 163 cm³/mol. The highest BCUT2D eigenvalue weighted by Gasteiger charge is 2.40. The maximum Gasteiger partial charge on any atom is 0.336 e. The Bertz CT molecular complexity index is 704. The van der Waals surface area contributed by atoms with Gasteiger partial charge in [-0.05, 0) is 32.1 Å². The lowest BCUT2D eigenvalue weighted by atomic mass is 9.96. The summed E-state index contributed by atoms with van der Waals surface area (Å²) in [6, 6.07) is 0. The highest BCUT2D eigenvalue weighted by Crippen LogP contribution is 2.16. The van der Waals surface area contributed by atoms with Gasteiger partial charge in [0.1, 0.15) is 6.10 Å². The van der Waals surface area contributed by atoms with Crippen LogP contribution in [0, 0.1) is 0 Å². The Morgan fingerprint density at radius 1 is 0.581 bits per heavy atom. The number of aliphatic hydroxyl groups excluding tert-OH is 3. The molecule has 0 aromatic carbocycles. The van der Waals surface area contributed by atoms with Crippen LogP contribution in [0.3, 0.4) is 0 Å². The number of allylic oxidation sites excluding steroid dienone is 2. The second-order valence-electron chi connectivity index (χ2n) is 10.6. The Morgan fingerprint density at radius 3 is 1.21 bits per heavy atom. The van der Waals surface area contributed by atoms with Crippen LogP contribution in [-0.4, -0.2) is 89.6 Å². The molecule has 0 amide bonds. The summed E-state index contributed by atoms with van der Waals surface area (Å²) in [7, 11) is 0. The molecule has 0 aliphatic heterocycles. The zero-order valence-corrected chi connectivity index (χ0v) is 26.0. The number of rotatable bonds is 26. The molecule has 12 nitrogen and oxygen atoms in total. The van der Waals surface area contributed by atoms with Crippen LogP contribution in [0.25, 0.3) is 0 Å². The van der Waals surface area contributed by atoms with Crippen molar-refractivity contribution in [3.63, 3.8) is 0 Å². The molecule has 0 heterocycles. The minimum atomic E-state index is -2.74. The maximum atomic E-state index is 10.4. The summed E-state index contributed by atoms with van der Waals surface area (Å²) >= 11 is 0. The summed E-state index contributed by atoms with van der Waals surface area (Å²) in [5.74, 6) is -5.68. The van der Waals surface area contributed by atoms with Crippen molar-refractivity contribution in [1.29, 1.82) is 0 Å². The molecule has 0 fully saturated rings. The Morgan fingerprint density at radius 2 is 0.930 bits per heavy atom. The number of carbonyl (C=O) groups is 4. The topological polar surface area (TPSA) is 230 Å². The molecule has 43 heavy (non-hydrogen) atoms. The predicted octanol–water partition coefficient (Wildman–Crippen LogP) is 4.75. The van der Waals surface area contributed by atoms with Crippen molar-refractivity contribution in [3.8, 4) is 0 Å². The second kappa shape index (κ2) is 32.4. The van der Waals surface area contributed by atoms with Crippen LogP contribution in [0.2, 0.25) is 0 Å². The van der Waals surface area contributed by atoms with Gasteiger partial charge in [0.2, 0.25) is 0 Å². The molecule has 254 valence electrons. The van der Waals surface area contributed by atoms with Crippen LogP contribution in [0.1, 0.15) is 135 Å². The molecule has 0 radical (unpaired) electrons. The average Bonchev–Trinajstić information content (AvgIpc) is 2.93. The molecule has 8 N–H and O–H groups in total. The molecular weight excluding hydrogens is 564 g/mol. The Balaban J connectivity index is -0.000000698. The van der Waals surface area contributed by atoms with E-state index in [1.807, 2.05) is 0 Å². The van der Waals surface area contributed by atoms with Crippen LogP contribution < -0.4 is 0 Å². The summed E-state index contributed by atoms with van der Waals surface area (Å²) in [4.78, 5) is 40.9. The smallest absolute Gasteiger partial charge is 0.336 e. The lowest BCUT2D eigenvalue weighted by Gasteiger charge is -2.18. The molecule has 0 saturated carbocycles. The van der Waals surface area contributed by atoms with Crippen LogP contribution in [-0.2, 0) is 19.2 Å². The Hall–Kier alpha value is -2.54. The normalized spacial score (nSPS) is 11.0. The van der Waals surface area contributed by atoms with E-state index >= 15 is 0 Å². The maximum absolute atomic E-state index is 10.4. The van der Waals surface area contributed by atoms with E-state index in [1.54, 1.807) is 0 Å². The molecular formula is C31H58O12. The van der Waals surface area contributed by atoms with Crippen LogP contribution in [0.15, 0.2) is 12.2 Å². The summed E-state index contributed by atoms with van der Waals surface area (Å²) in [6.07, 6.45) is 23.9. The van der Waals surface area contributed by atoms with Gasteiger partial charge in [-0.3, -0.25) is 14.4 Å². The fourth-order valence-corrected chi connectivity index (χ4v) is 3.83. The van der Waals surface area contributed by atoms with Gasteiger partial charge in [-0.1, -0.05) is 96.1 Å². The van der Waals surface area contributed by atoms with E-state index in [4.69, 9.17) is 40.9 Å². The third-order valence-corrected chi connectivity index (χ3v) is 6.36. The standard InChI is InChI=1S/C22H42O2.C6H8O7.C3H8O3/c1-2-3-4-5-6-7-8-9-10-11-12-13-14-15-16-17-18-19-20-21-22(23)24;7-3(8)1-6(13,5(11)12)2-4(9)10;4-1-3(6)2-5/h9-10H,2-8,11-21H2,1H3,(H,23,24);13H,1-2H2,(H,7,8)(H,9,10)(H,11,12);3-6H,1-2H2/b10-9-;;. The average molecular weight is 623 g/mol. The van der Waals surface area contributed by atoms with E-state index in [9.17, 15) is 19.2 Å². The summed E-state index contributed by atoms with van der Waals surface area (Å²) in [5, 5.41) is 66.4. The zero-order valence-electron chi connectivity index (χ0n) is 26.0. The van der Waals surface area contributed by atoms with Gasteiger partial charge in [0.15, 0.2) is 5.60 Å². The minimum Gasteiger partial charge on any atom is -0.481 e. The molecule has 12 heteroatoms. The number of hydrogen-bond acceptors (Lipinski definition) is 8. The SMILES string of the molecule is CCCCCCCC/C=C\CCCCCCCCCCCC(=O)O.O=C(O)CC(O)(CC(=O)O)C(=O)O.OCC(O)CO. The highest BCUT2D eigenvalue weighted by atomic mass is 16.4. The van der Waals surface area contributed by atoms with Gasteiger partial charge in [-0.2, -0.15) is 0 Å². The van der Waals surface area contributed by atoms with E-state index in [1.165, 1.54) is 96.3 Å². The number of aliphatic hydroxyl groups is 4. The van der Waals surface area contributed by atoms with Crippen molar-refractivity contribution < 1.29 is 60.0 Å². The first-order valence-electron chi connectivity index (χ1n) is 15.5. The Labute approximate surface area is 256 Å². The van der Waals surface area contributed by atoms with E-state index in [-0.39, 0.29) is 13.2 Å². The first-order chi connectivity index (χ1) is 20.4. The quantitative estimate of drug-likeness (QED) is 0.0482. The molecule has 0 aromatic heterocycles. The first kappa shape index (κ1) is 44.9. The van der Waals surface area contributed by atoms with Gasteiger partial charge >= 0.3 is 23.9 Å². The summed E-state index contributed by atoms with van der Waals surface area (Å²) < 4.78 is 0. The first-order valence-corrected chi connectivity index (χ1v) is 15.5. The molecule has 0 aliphatic carbocycles. The summed E-state index contributed by atoms with van der Waals surface area (Å²) in [5.41, 5.74) is -2.74. The number of carboxylic acid groups (broad SMARTS) is 4. The highest BCUT2D eigenvalue weighted by molar-refractivity contribution is 5.88. The van der Waals surface area contributed by atoms with Gasteiger partial charge in [0.05, 0.1) is 26.1 Å². The monoisotopic (exact) mass is 622 g/mol. The second-order valence-corrected chi connectivity index (χ2v) is 10.6. The van der Waals surface area contributed by atoms with Crippen LogP contribution in [0.4, 0.5) is 0 Å². The summed E-state index contributed by atoms with van der Waals surface area (Å²) in [6.45, 7) is 1.54. The van der Waals surface area contributed by atoms with Gasteiger partial charge in [-0.25, -0.2) is 4.79 Å². The van der Waals surface area contributed by atoms with Crippen LogP contribution in [0.5, 0.6) is 0 Å². The molecule has 0 aromatic rings. The lowest BCUT2D eigenvalue weighted by Crippen LogP contribution is -2.42. The fraction of sp³-hybridized carbons (Fsp3) is 0.806. The fourth-order valence-electron chi connectivity index (χ4n) is 3.83. The van der Waals surface area contributed by atoms with E-state index in [0.717, 1.165) is 12.8 Å². The van der Waals surface area contributed by atoms with Gasteiger partial charge in [0.25, 0.3) is 0 Å². The third-order valence-electron chi connectivity index (χ3n) is 6.36. The van der Waals surface area contributed by atoms with Gasteiger partial charge < -0.3 is 40.9 Å². The molecule has 0 rings (SSSR count). The van der Waals surface area contributed by atoms with E-state index in [0.29, 0.717) is 6.42 Å². The lowest BCUT2D eigenvalue weighted by molar-refractivity contribution is -0.170. The molecule has 0 unspecified atom stereocenters. The largest absolute Gasteiger partial charge is 0.481 e. The van der Waals surface area contributed by atoms with Crippen molar-refractivity contribution in [1.82, 2.24) is 0 Å². The van der Waals surface area contributed by atoms with E-state index < -0.39 is 48.4 Å². The van der Waals surface area contributed by atoms with Crippen LogP contribution >= 0.6 is 0 Å². The molecule has 0 atom stereocenters.